The van der Waals surface area contributed by atoms with Crippen LogP contribution in [0.25, 0.3) is 0 Å². The number of aryl methyl sites for hydroxylation is 1. The average Bonchev–Trinajstić information content (AvgIpc) is 2.58. The maximum atomic E-state index is 12.8. The fourth-order valence-electron chi connectivity index (χ4n) is 4.00. The number of Topliss-reactive ketones (excluding diaryl/α,β-unsaturated/α-hetero) is 1. The Bertz CT molecular complexity index is 575. The second-order valence-electron chi connectivity index (χ2n) is 6.73. The van der Waals surface area contributed by atoms with Crippen LogP contribution in [0.15, 0.2) is 12.1 Å². The maximum Gasteiger partial charge on any atom is 0.179 e. The molecule has 0 bridgehead atoms. The van der Waals surface area contributed by atoms with Crippen LogP contribution in [0.4, 0.5) is 0 Å². The molecular weight excluding hydrogens is 340 g/mol. The van der Waals surface area contributed by atoms with Crippen LogP contribution < -0.4 is 4.74 Å². The predicted octanol–water partition coefficient (Wildman–Crippen LogP) is 5.42. The Kier molecular flexibility index (Phi) is 4.63. The summed E-state index contributed by atoms with van der Waals surface area (Å²) in [5.41, 5.74) is 3.41. The smallest absolute Gasteiger partial charge is 0.179 e. The lowest BCUT2D eigenvalue weighted by Gasteiger charge is -2.32. The molecule has 1 saturated carbocycles. The van der Waals surface area contributed by atoms with Crippen LogP contribution in [0.2, 0.25) is 0 Å². The van der Waals surface area contributed by atoms with E-state index in [4.69, 9.17) is 4.74 Å². The summed E-state index contributed by atoms with van der Waals surface area (Å²) in [7, 11) is 1.72. The third-order valence-corrected chi connectivity index (χ3v) is 6.82. The lowest BCUT2D eigenvalue weighted by atomic mass is 9.77. The molecule has 0 aromatic heterocycles. The molecule has 0 heterocycles. The average molecular weight is 365 g/mol. The van der Waals surface area contributed by atoms with Gasteiger partial charge in [0.2, 0.25) is 0 Å². The number of carbonyl (C=O) groups excluding carboxylic acids is 1. The molecule has 1 atom stereocenters. The molecule has 0 N–H and O–H groups in total. The SMILES string of the molecule is CCC1(Br)CCc2cc(C3CCCCC3)c(OC)cc2C1=O. The van der Waals surface area contributed by atoms with E-state index in [1.807, 2.05) is 6.07 Å². The molecule has 0 saturated heterocycles. The molecule has 3 heteroatoms. The highest BCUT2D eigenvalue weighted by Crippen LogP contribution is 2.43. The number of methoxy groups -OCH3 is 1. The van der Waals surface area contributed by atoms with Crippen LogP contribution in [0.5, 0.6) is 5.75 Å². The van der Waals surface area contributed by atoms with E-state index in [1.165, 1.54) is 43.2 Å². The number of alkyl halides is 1. The topological polar surface area (TPSA) is 26.3 Å². The van der Waals surface area contributed by atoms with Crippen LogP contribution in [0.3, 0.4) is 0 Å². The van der Waals surface area contributed by atoms with Crippen molar-refractivity contribution >= 4 is 21.7 Å². The van der Waals surface area contributed by atoms with Crippen molar-refractivity contribution in [2.24, 2.45) is 0 Å². The molecule has 22 heavy (non-hydrogen) atoms. The van der Waals surface area contributed by atoms with Crippen LogP contribution in [0, 0.1) is 0 Å². The Morgan fingerprint density at radius 1 is 1.27 bits per heavy atom. The van der Waals surface area contributed by atoms with Crippen molar-refractivity contribution in [3.63, 3.8) is 0 Å². The van der Waals surface area contributed by atoms with Crippen molar-refractivity contribution < 1.29 is 9.53 Å². The van der Waals surface area contributed by atoms with Gasteiger partial charge in [0.25, 0.3) is 0 Å². The maximum absolute atomic E-state index is 12.8. The van der Waals surface area contributed by atoms with Crippen molar-refractivity contribution in [3.8, 4) is 5.75 Å². The summed E-state index contributed by atoms with van der Waals surface area (Å²) in [6.45, 7) is 2.07. The first-order valence-corrected chi connectivity index (χ1v) is 9.33. The molecule has 1 unspecified atom stereocenters. The summed E-state index contributed by atoms with van der Waals surface area (Å²) in [6, 6.07) is 4.27. The number of hydrogen-bond donors (Lipinski definition) is 0. The molecule has 0 spiro atoms. The largest absolute Gasteiger partial charge is 0.496 e. The highest BCUT2D eigenvalue weighted by Gasteiger charge is 2.39. The minimum Gasteiger partial charge on any atom is -0.496 e. The fraction of sp³-hybridized carbons (Fsp3) is 0.632. The Hall–Kier alpha value is -0.830. The molecule has 0 radical (unpaired) electrons. The number of fused-ring (bicyclic) bond motifs is 1. The standard InChI is InChI=1S/C19H25BrO2/c1-3-19(20)10-9-14-11-15(13-7-5-4-6-8-13)17(22-2)12-16(14)18(19)21/h11-13H,3-10H2,1-2H3. The normalized spacial score (nSPS) is 25.9. The van der Waals surface area contributed by atoms with Crippen LogP contribution >= 0.6 is 15.9 Å². The number of carbonyl (C=O) groups is 1. The Morgan fingerprint density at radius 2 is 2.00 bits per heavy atom. The third-order valence-electron chi connectivity index (χ3n) is 5.50. The van der Waals surface area contributed by atoms with Gasteiger partial charge in [-0.2, -0.15) is 0 Å². The van der Waals surface area contributed by atoms with Crippen LogP contribution in [0.1, 0.15) is 79.3 Å². The molecule has 0 amide bonds. The van der Waals surface area contributed by atoms with Gasteiger partial charge >= 0.3 is 0 Å². The van der Waals surface area contributed by atoms with E-state index in [2.05, 4.69) is 28.9 Å². The van der Waals surface area contributed by atoms with Gasteiger partial charge < -0.3 is 4.74 Å². The molecule has 1 fully saturated rings. The lowest BCUT2D eigenvalue weighted by molar-refractivity contribution is 0.0928. The summed E-state index contributed by atoms with van der Waals surface area (Å²) < 4.78 is 5.27. The van der Waals surface area contributed by atoms with E-state index in [0.717, 1.165) is 30.6 Å². The second-order valence-corrected chi connectivity index (χ2v) is 8.25. The van der Waals surface area contributed by atoms with Gasteiger partial charge in [-0.25, -0.2) is 0 Å². The first-order chi connectivity index (χ1) is 10.6. The van der Waals surface area contributed by atoms with Gasteiger partial charge in [0.05, 0.1) is 11.4 Å². The van der Waals surface area contributed by atoms with E-state index >= 15 is 0 Å². The zero-order valence-corrected chi connectivity index (χ0v) is 15.2. The van der Waals surface area contributed by atoms with Gasteiger partial charge in [0.15, 0.2) is 5.78 Å². The quantitative estimate of drug-likeness (QED) is 0.669. The fourth-order valence-corrected chi connectivity index (χ4v) is 4.41. The van der Waals surface area contributed by atoms with Crippen LogP contribution in [-0.4, -0.2) is 17.2 Å². The minimum atomic E-state index is -0.378. The van der Waals surface area contributed by atoms with Gasteiger partial charge in [-0.05, 0) is 55.2 Å². The van der Waals surface area contributed by atoms with E-state index < -0.39 is 0 Å². The van der Waals surface area contributed by atoms with E-state index in [0.29, 0.717) is 5.92 Å². The van der Waals surface area contributed by atoms with Crippen molar-refractivity contribution in [1.29, 1.82) is 0 Å². The van der Waals surface area contributed by atoms with Gasteiger partial charge in [-0.1, -0.05) is 48.2 Å². The van der Waals surface area contributed by atoms with Crippen molar-refractivity contribution in [2.75, 3.05) is 7.11 Å². The zero-order valence-electron chi connectivity index (χ0n) is 13.6. The Balaban J connectivity index is 2.01. The van der Waals surface area contributed by atoms with Crippen molar-refractivity contribution in [3.05, 3.63) is 28.8 Å². The molecule has 2 aliphatic rings. The van der Waals surface area contributed by atoms with E-state index in [-0.39, 0.29) is 10.1 Å². The number of ketones is 1. The summed E-state index contributed by atoms with van der Waals surface area (Å²) in [5.74, 6) is 1.74. The van der Waals surface area contributed by atoms with Gasteiger partial charge in [0.1, 0.15) is 5.75 Å². The number of hydrogen-bond acceptors (Lipinski definition) is 2. The highest BCUT2D eigenvalue weighted by atomic mass is 79.9. The van der Waals surface area contributed by atoms with Crippen LogP contribution in [-0.2, 0) is 6.42 Å². The predicted molar refractivity (Wildman–Crippen MR) is 93.4 cm³/mol. The summed E-state index contributed by atoms with van der Waals surface area (Å²) >= 11 is 3.68. The zero-order chi connectivity index (χ0) is 15.7. The Morgan fingerprint density at radius 3 is 2.64 bits per heavy atom. The van der Waals surface area contributed by atoms with Gasteiger partial charge in [0, 0.05) is 5.56 Å². The van der Waals surface area contributed by atoms with Crippen molar-refractivity contribution in [2.45, 2.75) is 68.5 Å². The number of halogens is 1. The molecule has 2 aliphatic carbocycles. The third kappa shape index (κ3) is 2.73. The first-order valence-electron chi connectivity index (χ1n) is 8.53. The lowest BCUT2D eigenvalue weighted by Crippen LogP contribution is -2.36. The summed E-state index contributed by atoms with van der Waals surface area (Å²) in [5, 5.41) is 0. The molecule has 120 valence electrons. The number of benzene rings is 1. The monoisotopic (exact) mass is 364 g/mol. The number of ether oxygens (including phenoxy) is 1. The van der Waals surface area contributed by atoms with Gasteiger partial charge in [-0.3, -0.25) is 4.79 Å². The first kappa shape index (κ1) is 16.0. The minimum absolute atomic E-state index is 0.227. The molecule has 3 rings (SSSR count). The molecule has 0 aliphatic heterocycles. The second kappa shape index (κ2) is 6.35. The molecule has 1 aromatic carbocycles. The molecule has 2 nitrogen and oxygen atoms in total. The highest BCUT2D eigenvalue weighted by molar-refractivity contribution is 9.10. The van der Waals surface area contributed by atoms with Crippen molar-refractivity contribution in [1.82, 2.24) is 0 Å². The molecule has 1 aromatic rings. The summed E-state index contributed by atoms with van der Waals surface area (Å²) in [6.07, 6.45) is 9.17. The number of rotatable bonds is 3. The Labute approximate surface area is 141 Å². The van der Waals surface area contributed by atoms with Gasteiger partial charge in [-0.15, -0.1) is 0 Å². The van der Waals surface area contributed by atoms with E-state index in [9.17, 15) is 4.79 Å². The summed E-state index contributed by atoms with van der Waals surface area (Å²) in [4.78, 5) is 12.8. The molecular formula is C19H25BrO2. The van der Waals surface area contributed by atoms with E-state index in [1.54, 1.807) is 7.11 Å².